The molecule has 1 fully saturated rings. The molecule has 5 heteroatoms. The molecule has 0 amide bonds. The van der Waals surface area contributed by atoms with Crippen LogP contribution in [-0.2, 0) is 4.74 Å². The number of aliphatic hydroxyl groups excluding tert-OH is 1. The highest BCUT2D eigenvalue weighted by atomic mass is 16.5. The fourth-order valence-electron chi connectivity index (χ4n) is 1.90. The van der Waals surface area contributed by atoms with Crippen molar-refractivity contribution in [2.75, 3.05) is 13.2 Å². The maximum atomic E-state index is 9.79. The van der Waals surface area contributed by atoms with Gasteiger partial charge in [0, 0.05) is 17.4 Å². The van der Waals surface area contributed by atoms with Gasteiger partial charge >= 0.3 is 0 Å². The zero-order valence-corrected chi connectivity index (χ0v) is 9.17. The lowest BCUT2D eigenvalue weighted by Gasteiger charge is -2.16. The predicted molar refractivity (Wildman–Crippen MR) is 57.4 cm³/mol. The van der Waals surface area contributed by atoms with Gasteiger partial charge in [0.2, 0.25) is 0 Å². The van der Waals surface area contributed by atoms with Crippen molar-refractivity contribution < 1.29 is 9.84 Å². The molecule has 0 saturated heterocycles. The van der Waals surface area contributed by atoms with Gasteiger partial charge in [-0.25, -0.2) is 0 Å². The maximum absolute atomic E-state index is 9.79. The van der Waals surface area contributed by atoms with E-state index in [1.807, 2.05) is 0 Å². The Morgan fingerprint density at radius 1 is 1.53 bits per heavy atom. The Hall–Kier alpha value is -0.770. The van der Waals surface area contributed by atoms with Crippen LogP contribution in [0.1, 0.15) is 32.6 Å². The first-order valence-electron chi connectivity index (χ1n) is 5.59. The van der Waals surface area contributed by atoms with Crippen molar-refractivity contribution in [3.8, 4) is 0 Å². The van der Waals surface area contributed by atoms with Crippen LogP contribution in [0.5, 0.6) is 0 Å². The Kier molecular flexibility index (Phi) is 5.47. The predicted octanol–water partition coefficient (Wildman–Crippen LogP) is 2.25. The second-order valence-corrected chi connectivity index (χ2v) is 4.03. The average Bonchev–Trinajstić information content (AvgIpc) is 2.57. The lowest BCUT2D eigenvalue weighted by molar-refractivity contribution is 0.0382. The molecule has 86 valence electrons. The Balaban J connectivity index is 2.23. The average molecular weight is 213 g/mol. The smallest absolute Gasteiger partial charge is 0.0674 e. The SMILES string of the molecule is CCCCOC[C@@H]1CC[C@@H](N=[N+]=[N-])[C@@H]1O. The molecule has 0 spiro atoms. The summed E-state index contributed by atoms with van der Waals surface area (Å²) < 4.78 is 5.46. The summed E-state index contributed by atoms with van der Waals surface area (Å²) in [4.78, 5) is 2.74. The van der Waals surface area contributed by atoms with Crippen LogP contribution in [-0.4, -0.2) is 30.5 Å². The molecule has 0 heterocycles. The third-order valence-electron chi connectivity index (χ3n) is 2.88. The monoisotopic (exact) mass is 213 g/mol. The molecule has 0 radical (unpaired) electrons. The quantitative estimate of drug-likeness (QED) is 0.318. The van der Waals surface area contributed by atoms with Crippen LogP contribution in [0.2, 0.25) is 0 Å². The van der Waals surface area contributed by atoms with Crippen molar-refractivity contribution in [1.29, 1.82) is 0 Å². The highest BCUT2D eigenvalue weighted by Crippen LogP contribution is 2.28. The number of hydrogen-bond donors (Lipinski definition) is 1. The second-order valence-electron chi connectivity index (χ2n) is 4.03. The van der Waals surface area contributed by atoms with E-state index in [-0.39, 0.29) is 12.0 Å². The van der Waals surface area contributed by atoms with Crippen LogP contribution in [0.25, 0.3) is 10.4 Å². The van der Waals surface area contributed by atoms with E-state index in [9.17, 15) is 5.11 Å². The van der Waals surface area contributed by atoms with Gasteiger partial charge in [-0.05, 0) is 24.8 Å². The first-order valence-corrected chi connectivity index (χ1v) is 5.59. The third kappa shape index (κ3) is 3.70. The minimum atomic E-state index is -0.525. The molecular formula is C10H19N3O2. The molecule has 1 saturated carbocycles. The zero-order valence-electron chi connectivity index (χ0n) is 9.17. The zero-order chi connectivity index (χ0) is 11.1. The highest BCUT2D eigenvalue weighted by molar-refractivity contribution is 4.89. The molecule has 1 rings (SSSR count). The van der Waals surface area contributed by atoms with Gasteiger partial charge < -0.3 is 9.84 Å². The first kappa shape index (κ1) is 12.3. The van der Waals surface area contributed by atoms with Gasteiger partial charge in [-0.1, -0.05) is 18.5 Å². The molecule has 0 aliphatic heterocycles. The molecule has 1 N–H and O–H groups in total. The molecule has 0 aromatic carbocycles. The minimum Gasteiger partial charge on any atom is -0.392 e. The normalized spacial score (nSPS) is 30.1. The van der Waals surface area contributed by atoms with Crippen LogP contribution >= 0.6 is 0 Å². The standard InChI is InChI=1S/C10H19N3O2/c1-2-3-6-15-7-8-4-5-9(10(8)14)12-13-11/h8-10,14H,2-7H2,1H3/t8-,9+,10+/m0/s1. The van der Waals surface area contributed by atoms with Gasteiger partial charge in [0.15, 0.2) is 0 Å². The van der Waals surface area contributed by atoms with Gasteiger partial charge in [0.25, 0.3) is 0 Å². The topological polar surface area (TPSA) is 78.2 Å². The van der Waals surface area contributed by atoms with Gasteiger partial charge in [-0.2, -0.15) is 0 Å². The Bertz CT molecular complexity index is 229. The van der Waals surface area contributed by atoms with E-state index >= 15 is 0 Å². The summed E-state index contributed by atoms with van der Waals surface area (Å²) in [6.07, 6.45) is 3.31. The van der Waals surface area contributed by atoms with E-state index in [0.717, 1.165) is 32.3 Å². The number of nitrogens with zero attached hydrogens (tertiary/aromatic N) is 3. The first-order chi connectivity index (χ1) is 7.29. The van der Waals surface area contributed by atoms with Crippen LogP contribution in [0, 0.1) is 5.92 Å². The Labute approximate surface area is 90.1 Å². The summed E-state index contributed by atoms with van der Waals surface area (Å²) in [5, 5.41) is 13.4. The van der Waals surface area contributed by atoms with Crippen molar-refractivity contribution in [3.05, 3.63) is 10.4 Å². The lowest BCUT2D eigenvalue weighted by Crippen LogP contribution is -2.26. The van der Waals surface area contributed by atoms with E-state index in [4.69, 9.17) is 10.3 Å². The van der Waals surface area contributed by atoms with Crippen molar-refractivity contribution >= 4 is 0 Å². The van der Waals surface area contributed by atoms with Crippen molar-refractivity contribution in [1.82, 2.24) is 0 Å². The summed E-state index contributed by atoms with van der Waals surface area (Å²) in [7, 11) is 0. The van der Waals surface area contributed by atoms with E-state index < -0.39 is 6.10 Å². The second kappa shape index (κ2) is 6.67. The van der Waals surface area contributed by atoms with Gasteiger partial charge in [-0.3, -0.25) is 0 Å². The fourth-order valence-corrected chi connectivity index (χ4v) is 1.90. The number of azide groups is 1. The summed E-state index contributed by atoms with van der Waals surface area (Å²) in [6, 6.07) is -0.255. The number of ether oxygens (including phenoxy) is 1. The van der Waals surface area contributed by atoms with Crippen molar-refractivity contribution in [2.45, 2.75) is 44.8 Å². The van der Waals surface area contributed by atoms with Crippen LogP contribution in [0.4, 0.5) is 0 Å². The van der Waals surface area contributed by atoms with E-state index in [2.05, 4.69) is 16.9 Å². The molecule has 15 heavy (non-hydrogen) atoms. The van der Waals surface area contributed by atoms with Crippen LogP contribution < -0.4 is 0 Å². The molecule has 3 atom stereocenters. The molecule has 0 unspecified atom stereocenters. The van der Waals surface area contributed by atoms with Crippen LogP contribution in [0.15, 0.2) is 5.11 Å². The van der Waals surface area contributed by atoms with E-state index in [0.29, 0.717) is 6.61 Å². The molecule has 1 aliphatic carbocycles. The minimum absolute atomic E-state index is 0.136. The largest absolute Gasteiger partial charge is 0.392 e. The fraction of sp³-hybridized carbons (Fsp3) is 1.00. The number of rotatable bonds is 6. The summed E-state index contributed by atoms with van der Waals surface area (Å²) in [5.74, 6) is 0.136. The Morgan fingerprint density at radius 3 is 3.00 bits per heavy atom. The summed E-state index contributed by atoms with van der Waals surface area (Å²) in [5.41, 5.74) is 8.29. The summed E-state index contributed by atoms with van der Waals surface area (Å²) in [6.45, 7) is 3.45. The van der Waals surface area contributed by atoms with E-state index in [1.54, 1.807) is 0 Å². The summed E-state index contributed by atoms with van der Waals surface area (Å²) >= 11 is 0. The highest BCUT2D eigenvalue weighted by Gasteiger charge is 2.33. The number of unbranched alkanes of at least 4 members (excludes halogenated alkanes) is 1. The van der Waals surface area contributed by atoms with Crippen LogP contribution in [0.3, 0.4) is 0 Å². The molecule has 5 nitrogen and oxygen atoms in total. The van der Waals surface area contributed by atoms with E-state index in [1.165, 1.54) is 0 Å². The molecule has 0 bridgehead atoms. The van der Waals surface area contributed by atoms with Crippen molar-refractivity contribution in [2.24, 2.45) is 11.0 Å². The molecule has 1 aliphatic rings. The van der Waals surface area contributed by atoms with Crippen molar-refractivity contribution in [3.63, 3.8) is 0 Å². The Morgan fingerprint density at radius 2 is 2.33 bits per heavy atom. The number of aliphatic hydroxyl groups is 1. The maximum Gasteiger partial charge on any atom is 0.0674 e. The van der Waals surface area contributed by atoms with Gasteiger partial charge in [-0.15, -0.1) is 0 Å². The molecular weight excluding hydrogens is 194 g/mol. The van der Waals surface area contributed by atoms with Gasteiger partial charge in [0.1, 0.15) is 0 Å². The van der Waals surface area contributed by atoms with Gasteiger partial charge in [0.05, 0.1) is 18.8 Å². The third-order valence-corrected chi connectivity index (χ3v) is 2.88. The molecule has 0 aromatic heterocycles. The number of hydrogen-bond acceptors (Lipinski definition) is 3. The lowest BCUT2D eigenvalue weighted by atomic mass is 10.1. The molecule has 0 aromatic rings.